The molecule has 1 heterocycles. The Morgan fingerprint density at radius 1 is 1.03 bits per heavy atom. The number of nitro benzene ring substituents is 1. The van der Waals surface area contributed by atoms with Crippen LogP contribution in [-0.4, -0.2) is 23.1 Å². The predicted molar refractivity (Wildman–Crippen MR) is 133 cm³/mol. The number of carbonyl (C=O) groups excluding carboxylic acids is 1. The maximum Gasteiger partial charge on any atom is 0.278 e. The minimum atomic E-state index is -4.10. The number of nitro groups is 1. The van der Waals surface area contributed by atoms with Crippen LogP contribution < -0.4 is 0 Å². The smallest absolute Gasteiger partial charge is 0.278 e. The van der Waals surface area contributed by atoms with Gasteiger partial charge in [-0.2, -0.15) is 0 Å². The van der Waals surface area contributed by atoms with Crippen molar-refractivity contribution in [3.8, 4) is 0 Å². The van der Waals surface area contributed by atoms with Gasteiger partial charge < -0.3 is 0 Å². The number of hydrogen-bond donors (Lipinski definition) is 0. The number of fused-ring (bicyclic) bond motifs is 1. The van der Waals surface area contributed by atoms with E-state index in [9.17, 15) is 23.3 Å². The molecule has 0 amide bonds. The zero-order valence-electron chi connectivity index (χ0n) is 18.0. The van der Waals surface area contributed by atoms with Crippen molar-refractivity contribution in [1.29, 1.82) is 0 Å². The van der Waals surface area contributed by atoms with Gasteiger partial charge in [0.25, 0.3) is 15.7 Å². The van der Waals surface area contributed by atoms with Gasteiger partial charge in [-0.05, 0) is 42.5 Å². The molecule has 34 heavy (non-hydrogen) atoms. The maximum atomic E-state index is 13.7. The largest absolute Gasteiger partial charge is 0.294 e. The summed E-state index contributed by atoms with van der Waals surface area (Å²) in [5.74, 6) is -0.247. The number of hydrogen-bond acceptors (Lipinski definition) is 5. The number of halogens is 1. The monoisotopic (exact) mass is 494 g/mol. The van der Waals surface area contributed by atoms with Crippen LogP contribution in [0.15, 0.2) is 77.7 Å². The van der Waals surface area contributed by atoms with Crippen LogP contribution in [0.2, 0.25) is 5.02 Å². The van der Waals surface area contributed by atoms with E-state index in [0.717, 1.165) is 3.97 Å². The fraction of sp³-hybridized carbons (Fsp3) is 0.0800. The summed E-state index contributed by atoms with van der Waals surface area (Å²) in [4.78, 5) is 24.0. The lowest BCUT2D eigenvalue weighted by Crippen LogP contribution is -2.15. The topological polar surface area (TPSA) is 99.3 Å². The lowest BCUT2D eigenvalue weighted by atomic mass is 10.0. The molecule has 0 N–H and O–H groups in total. The van der Waals surface area contributed by atoms with Crippen LogP contribution in [-0.2, 0) is 10.0 Å². The van der Waals surface area contributed by atoms with E-state index >= 15 is 0 Å². The number of benzene rings is 3. The SMILES string of the molecule is CCC(=O)c1c(/C=C/c2ccc(Cl)cc2[N+](=O)[O-])n(S(=O)(=O)c2ccccc2)c2ccccc12. The number of para-hydroxylation sites is 1. The van der Waals surface area contributed by atoms with Crippen molar-refractivity contribution in [1.82, 2.24) is 3.97 Å². The van der Waals surface area contributed by atoms with Gasteiger partial charge in [-0.3, -0.25) is 14.9 Å². The zero-order valence-corrected chi connectivity index (χ0v) is 19.6. The highest BCUT2D eigenvalue weighted by Gasteiger charge is 2.28. The van der Waals surface area contributed by atoms with Gasteiger partial charge in [0.15, 0.2) is 5.78 Å². The van der Waals surface area contributed by atoms with Crippen LogP contribution in [0.1, 0.15) is 35.0 Å². The molecule has 3 aromatic carbocycles. The first-order valence-corrected chi connectivity index (χ1v) is 12.2. The van der Waals surface area contributed by atoms with Crippen LogP contribution in [0, 0.1) is 10.1 Å². The van der Waals surface area contributed by atoms with Gasteiger partial charge in [-0.1, -0.05) is 54.9 Å². The number of carbonyl (C=O) groups is 1. The molecule has 0 spiro atoms. The van der Waals surface area contributed by atoms with E-state index in [-0.39, 0.29) is 44.6 Å². The van der Waals surface area contributed by atoms with Gasteiger partial charge in [0.1, 0.15) is 0 Å². The average molecular weight is 495 g/mol. The Labute approximate surface area is 201 Å². The second-order valence-electron chi connectivity index (χ2n) is 7.43. The van der Waals surface area contributed by atoms with Crippen molar-refractivity contribution in [2.45, 2.75) is 18.2 Å². The first-order valence-electron chi connectivity index (χ1n) is 10.3. The Bertz CT molecular complexity index is 1560. The summed E-state index contributed by atoms with van der Waals surface area (Å²) >= 11 is 5.91. The number of aromatic nitrogens is 1. The quantitative estimate of drug-likeness (QED) is 0.173. The van der Waals surface area contributed by atoms with Crippen molar-refractivity contribution in [2.75, 3.05) is 0 Å². The third-order valence-corrected chi connectivity index (χ3v) is 7.34. The van der Waals surface area contributed by atoms with E-state index in [0.29, 0.717) is 10.9 Å². The highest BCUT2D eigenvalue weighted by Crippen LogP contribution is 2.33. The Morgan fingerprint density at radius 3 is 2.38 bits per heavy atom. The van der Waals surface area contributed by atoms with Gasteiger partial charge in [-0.25, -0.2) is 12.4 Å². The lowest BCUT2D eigenvalue weighted by Gasteiger charge is -2.11. The first-order chi connectivity index (χ1) is 16.3. The van der Waals surface area contributed by atoms with Crippen molar-refractivity contribution in [2.24, 2.45) is 0 Å². The van der Waals surface area contributed by atoms with Gasteiger partial charge in [-0.15, -0.1) is 0 Å². The van der Waals surface area contributed by atoms with E-state index in [1.54, 1.807) is 49.4 Å². The molecule has 7 nitrogen and oxygen atoms in total. The minimum absolute atomic E-state index is 0.0540. The molecule has 0 aliphatic carbocycles. The Balaban J connectivity index is 2.05. The van der Waals surface area contributed by atoms with Crippen molar-refractivity contribution in [3.05, 3.63) is 105 Å². The second kappa shape index (κ2) is 9.24. The van der Waals surface area contributed by atoms with E-state index < -0.39 is 14.9 Å². The molecule has 0 atom stereocenters. The zero-order chi connectivity index (χ0) is 24.5. The molecular weight excluding hydrogens is 476 g/mol. The molecular formula is C25H19ClN2O5S. The number of Topliss-reactive ketones (excluding diaryl/α,β-unsaturated/α-hetero) is 1. The van der Waals surface area contributed by atoms with Gasteiger partial charge >= 0.3 is 0 Å². The van der Waals surface area contributed by atoms with Gasteiger partial charge in [0.05, 0.1) is 32.2 Å². The van der Waals surface area contributed by atoms with Crippen LogP contribution in [0.3, 0.4) is 0 Å². The molecule has 0 unspecified atom stereocenters. The van der Waals surface area contributed by atoms with E-state index in [1.807, 2.05) is 0 Å². The number of nitrogens with zero attached hydrogens (tertiary/aromatic N) is 2. The molecule has 1 aromatic heterocycles. The first kappa shape index (κ1) is 23.4. The minimum Gasteiger partial charge on any atom is -0.294 e. The standard InChI is InChI=1S/C25H19ClN2O5S/c1-2-24(29)25-20-10-6-7-11-21(20)27(34(32,33)19-8-4-3-5-9-19)22(25)15-13-17-12-14-18(26)16-23(17)28(30)31/h3-16H,2H2,1H3/b15-13+. The van der Waals surface area contributed by atoms with Crippen molar-refractivity contribution in [3.63, 3.8) is 0 Å². The van der Waals surface area contributed by atoms with Crippen LogP contribution >= 0.6 is 11.6 Å². The molecule has 9 heteroatoms. The lowest BCUT2D eigenvalue weighted by molar-refractivity contribution is -0.385. The summed E-state index contributed by atoms with van der Waals surface area (Å²) in [6.07, 6.45) is 3.01. The molecule has 0 aliphatic rings. The second-order valence-corrected chi connectivity index (χ2v) is 9.65. The Kier molecular flexibility index (Phi) is 6.37. The molecule has 172 valence electrons. The average Bonchev–Trinajstić information content (AvgIpc) is 3.18. The summed E-state index contributed by atoms with van der Waals surface area (Å²) in [5, 5.41) is 12.2. The van der Waals surface area contributed by atoms with E-state index in [4.69, 9.17) is 11.6 Å². The van der Waals surface area contributed by atoms with E-state index in [1.165, 1.54) is 42.5 Å². The summed E-state index contributed by atoms with van der Waals surface area (Å²) < 4.78 is 28.6. The summed E-state index contributed by atoms with van der Waals surface area (Å²) in [5.41, 5.74) is 0.693. The third kappa shape index (κ3) is 4.13. The number of rotatable bonds is 7. The highest BCUT2D eigenvalue weighted by molar-refractivity contribution is 7.90. The summed E-state index contributed by atoms with van der Waals surface area (Å²) in [6.45, 7) is 1.69. The molecule has 4 aromatic rings. The molecule has 4 rings (SSSR count). The normalized spacial score (nSPS) is 11.8. The Morgan fingerprint density at radius 2 is 1.71 bits per heavy atom. The number of ketones is 1. The molecule has 0 bridgehead atoms. The summed E-state index contributed by atoms with van der Waals surface area (Å²) in [6, 6.07) is 18.8. The van der Waals surface area contributed by atoms with E-state index in [2.05, 4.69) is 0 Å². The fourth-order valence-electron chi connectivity index (χ4n) is 3.79. The Hall–Kier alpha value is -3.75. The van der Waals surface area contributed by atoms with Crippen LogP contribution in [0.4, 0.5) is 5.69 Å². The third-order valence-electron chi connectivity index (χ3n) is 5.36. The van der Waals surface area contributed by atoms with Crippen LogP contribution in [0.5, 0.6) is 0 Å². The highest BCUT2D eigenvalue weighted by atomic mass is 35.5. The molecule has 0 aliphatic heterocycles. The summed E-state index contributed by atoms with van der Waals surface area (Å²) in [7, 11) is -4.10. The molecule has 0 saturated heterocycles. The molecule has 0 saturated carbocycles. The molecule has 0 fully saturated rings. The van der Waals surface area contributed by atoms with Crippen molar-refractivity contribution < 1.29 is 18.1 Å². The van der Waals surface area contributed by atoms with Crippen molar-refractivity contribution >= 4 is 56.1 Å². The van der Waals surface area contributed by atoms with Gasteiger partial charge in [0.2, 0.25) is 0 Å². The predicted octanol–water partition coefficient (Wildman–Crippen LogP) is 6.20. The van der Waals surface area contributed by atoms with Crippen LogP contribution in [0.25, 0.3) is 23.1 Å². The van der Waals surface area contributed by atoms with Gasteiger partial charge in [0, 0.05) is 22.9 Å². The fourth-order valence-corrected chi connectivity index (χ4v) is 5.50. The molecule has 0 radical (unpaired) electrons. The maximum absolute atomic E-state index is 13.7.